The minimum absolute atomic E-state index is 0.387. The zero-order chi connectivity index (χ0) is 11.7. The summed E-state index contributed by atoms with van der Waals surface area (Å²) in [6.45, 7) is 12.8. The smallest absolute Gasteiger partial charge is 0.408 e. The highest BCUT2D eigenvalue weighted by Crippen LogP contribution is 2.19. The van der Waals surface area contributed by atoms with Crippen molar-refractivity contribution in [3.8, 4) is 0 Å². The number of ether oxygens (including phenoxy) is 1. The van der Waals surface area contributed by atoms with Crippen LogP contribution in [0.1, 0.15) is 27.7 Å². The fraction of sp³-hybridized carbons (Fsp3) is 0.727. The molecule has 0 aliphatic carbocycles. The molecular formula is C11H20N2O2. The molecule has 2 N–H and O–H groups in total. The second-order valence-electron chi connectivity index (χ2n) is 5.17. The highest BCUT2D eigenvalue weighted by Gasteiger charge is 2.35. The molecule has 1 aliphatic heterocycles. The molecule has 1 heterocycles. The lowest BCUT2D eigenvalue weighted by Crippen LogP contribution is -2.50. The van der Waals surface area contributed by atoms with Gasteiger partial charge in [0.15, 0.2) is 0 Å². The minimum atomic E-state index is -0.464. The first kappa shape index (κ1) is 12.0. The van der Waals surface area contributed by atoms with Crippen molar-refractivity contribution in [3.05, 3.63) is 12.2 Å². The van der Waals surface area contributed by atoms with E-state index in [4.69, 9.17) is 4.74 Å². The second-order valence-corrected chi connectivity index (χ2v) is 5.17. The minimum Gasteiger partial charge on any atom is -0.444 e. The highest BCUT2D eigenvalue weighted by molar-refractivity contribution is 5.69. The summed E-state index contributed by atoms with van der Waals surface area (Å²) in [5.41, 5.74) is 0.129. The van der Waals surface area contributed by atoms with E-state index >= 15 is 0 Å². The molecule has 1 rings (SSSR count). The maximum atomic E-state index is 11.6. The Labute approximate surface area is 91.1 Å². The molecule has 0 radical (unpaired) electrons. The molecule has 4 nitrogen and oxygen atoms in total. The summed E-state index contributed by atoms with van der Waals surface area (Å²) in [5.74, 6) is 0. The van der Waals surface area contributed by atoms with Crippen LogP contribution in [0.3, 0.4) is 0 Å². The SMILES string of the molecule is C=C1CNC[C@@]1(C)NC(=O)OC(C)(C)C. The van der Waals surface area contributed by atoms with E-state index < -0.39 is 11.7 Å². The standard InChI is InChI=1S/C11H20N2O2/c1-8-6-12-7-11(8,5)13-9(14)15-10(2,3)4/h12H,1,6-7H2,2-5H3,(H,13,14)/t11-/m1/s1. The first-order chi connectivity index (χ1) is 6.73. The molecule has 0 aromatic rings. The van der Waals surface area contributed by atoms with Gasteiger partial charge in [0.1, 0.15) is 5.60 Å². The van der Waals surface area contributed by atoms with E-state index in [1.165, 1.54) is 0 Å². The maximum Gasteiger partial charge on any atom is 0.408 e. The number of nitrogens with one attached hydrogen (secondary N) is 2. The lowest BCUT2D eigenvalue weighted by Gasteiger charge is -2.28. The predicted octanol–water partition coefficient (Wildman–Crippen LogP) is 1.43. The summed E-state index contributed by atoms with van der Waals surface area (Å²) in [5, 5.41) is 6.00. The van der Waals surface area contributed by atoms with Crippen molar-refractivity contribution in [1.29, 1.82) is 0 Å². The van der Waals surface area contributed by atoms with E-state index in [2.05, 4.69) is 17.2 Å². The second kappa shape index (κ2) is 3.85. The van der Waals surface area contributed by atoms with Crippen molar-refractivity contribution < 1.29 is 9.53 Å². The summed E-state index contributed by atoms with van der Waals surface area (Å²) in [7, 11) is 0. The topological polar surface area (TPSA) is 50.4 Å². The molecule has 86 valence electrons. The average Bonchev–Trinajstić information content (AvgIpc) is 2.27. The Morgan fingerprint density at radius 1 is 1.60 bits per heavy atom. The van der Waals surface area contributed by atoms with Crippen LogP contribution in [0.2, 0.25) is 0 Å². The van der Waals surface area contributed by atoms with E-state index in [0.717, 1.165) is 12.1 Å². The van der Waals surface area contributed by atoms with Crippen molar-refractivity contribution in [1.82, 2.24) is 10.6 Å². The molecule has 0 bridgehead atoms. The largest absolute Gasteiger partial charge is 0.444 e. The molecule has 0 saturated carbocycles. The maximum absolute atomic E-state index is 11.6. The summed E-state index contributed by atoms with van der Waals surface area (Å²) < 4.78 is 5.19. The fourth-order valence-electron chi connectivity index (χ4n) is 1.44. The molecule has 1 aliphatic rings. The Hall–Kier alpha value is -1.03. The van der Waals surface area contributed by atoms with Gasteiger partial charge in [0.25, 0.3) is 0 Å². The molecule has 1 amide bonds. The van der Waals surface area contributed by atoms with Gasteiger partial charge in [-0.15, -0.1) is 0 Å². The number of rotatable bonds is 1. The van der Waals surface area contributed by atoms with Crippen LogP contribution >= 0.6 is 0 Å². The van der Waals surface area contributed by atoms with Gasteiger partial charge in [0, 0.05) is 13.1 Å². The van der Waals surface area contributed by atoms with E-state index in [1.54, 1.807) is 0 Å². The van der Waals surface area contributed by atoms with Gasteiger partial charge < -0.3 is 15.4 Å². The van der Waals surface area contributed by atoms with E-state index in [1.807, 2.05) is 27.7 Å². The van der Waals surface area contributed by atoms with Gasteiger partial charge in [-0.2, -0.15) is 0 Å². The Kier molecular flexibility index (Phi) is 3.09. The quantitative estimate of drug-likeness (QED) is 0.646. The third kappa shape index (κ3) is 3.23. The molecular weight excluding hydrogens is 192 g/mol. The summed E-state index contributed by atoms with van der Waals surface area (Å²) in [6.07, 6.45) is -0.394. The van der Waals surface area contributed by atoms with Crippen LogP contribution in [0, 0.1) is 0 Å². The molecule has 0 spiro atoms. The van der Waals surface area contributed by atoms with Gasteiger partial charge in [0.2, 0.25) is 0 Å². The molecule has 1 fully saturated rings. The third-order valence-electron chi connectivity index (χ3n) is 2.37. The molecule has 4 heteroatoms. The van der Waals surface area contributed by atoms with E-state index in [-0.39, 0.29) is 5.54 Å². The van der Waals surface area contributed by atoms with Crippen molar-refractivity contribution in [2.24, 2.45) is 0 Å². The number of hydrogen-bond acceptors (Lipinski definition) is 3. The van der Waals surface area contributed by atoms with E-state index in [9.17, 15) is 4.79 Å². The first-order valence-electron chi connectivity index (χ1n) is 5.13. The Morgan fingerprint density at radius 3 is 2.60 bits per heavy atom. The molecule has 0 aromatic heterocycles. The van der Waals surface area contributed by atoms with Crippen LogP contribution in [-0.2, 0) is 4.74 Å². The Bertz CT molecular complexity index is 281. The monoisotopic (exact) mass is 212 g/mol. The highest BCUT2D eigenvalue weighted by atomic mass is 16.6. The summed E-state index contributed by atoms with van der Waals surface area (Å²) >= 11 is 0. The van der Waals surface area contributed by atoms with E-state index in [0.29, 0.717) is 6.54 Å². The lowest BCUT2D eigenvalue weighted by molar-refractivity contribution is 0.0486. The third-order valence-corrected chi connectivity index (χ3v) is 2.37. The van der Waals surface area contributed by atoms with Gasteiger partial charge in [-0.1, -0.05) is 6.58 Å². The molecule has 0 aromatic carbocycles. The van der Waals surface area contributed by atoms with Crippen LogP contribution in [0.5, 0.6) is 0 Å². The Morgan fingerprint density at radius 2 is 2.20 bits per heavy atom. The molecule has 0 unspecified atom stereocenters. The zero-order valence-electron chi connectivity index (χ0n) is 9.94. The summed E-state index contributed by atoms with van der Waals surface area (Å²) in [4.78, 5) is 11.6. The first-order valence-corrected chi connectivity index (χ1v) is 5.13. The molecule has 1 saturated heterocycles. The molecule has 15 heavy (non-hydrogen) atoms. The number of alkyl carbamates (subject to hydrolysis) is 1. The normalized spacial score (nSPS) is 26.5. The number of carbonyl (C=O) groups is 1. The van der Waals surface area contributed by atoms with Crippen LogP contribution in [-0.4, -0.2) is 30.3 Å². The van der Waals surface area contributed by atoms with Gasteiger partial charge >= 0.3 is 6.09 Å². The van der Waals surface area contributed by atoms with Gasteiger partial charge in [-0.3, -0.25) is 0 Å². The van der Waals surface area contributed by atoms with Gasteiger partial charge in [0.05, 0.1) is 5.54 Å². The lowest BCUT2D eigenvalue weighted by atomic mass is 9.97. The van der Waals surface area contributed by atoms with Crippen LogP contribution in [0.4, 0.5) is 4.79 Å². The zero-order valence-corrected chi connectivity index (χ0v) is 9.94. The molecule has 1 atom stereocenters. The van der Waals surface area contributed by atoms with Crippen molar-refractivity contribution in [2.75, 3.05) is 13.1 Å². The number of carbonyl (C=O) groups excluding carboxylic acids is 1. The number of amides is 1. The van der Waals surface area contributed by atoms with Crippen molar-refractivity contribution >= 4 is 6.09 Å². The van der Waals surface area contributed by atoms with Crippen LogP contribution in [0.15, 0.2) is 12.2 Å². The van der Waals surface area contributed by atoms with Crippen molar-refractivity contribution in [3.63, 3.8) is 0 Å². The fourth-order valence-corrected chi connectivity index (χ4v) is 1.44. The van der Waals surface area contributed by atoms with Crippen molar-refractivity contribution in [2.45, 2.75) is 38.8 Å². The summed E-state index contributed by atoms with van der Waals surface area (Å²) in [6, 6.07) is 0. The van der Waals surface area contributed by atoms with Gasteiger partial charge in [-0.05, 0) is 33.3 Å². The predicted molar refractivity (Wildman–Crippen MR) is 59.8 cm³/mol. The van der Waals surface area contributed by atoms with Crippen LogP contribution < -0.4 is 10.6 Å². The number of hydrogen-bond donors (Lipinski definition) is 2. The van der Waals surface area contributed by atoms with Crippen LogP contribution in [0.25, 0.3) is 0 Å². The van der Waals surface area contributed by atoms with Gasteiger partial charge in [-0.25, -0.2) is 4.79 Å². The Balaban J connectivity index is 2.55. The average molecular weight is 212 g/mol.